The Kier molecular flexibility index (Phi) is 11.1. The van der Waals surface area contributed by atoms with Gasteiger partial charge >= 0.3 is 0 Å². The molecule has 0 N–H and O–H groups in total. The van der Waals surface area contributed by atoms with E-state index in [1.165, 1.54) is 0 Å². The molecule has 1 atom stereocenters. The summed E-state index contributed by atoms with van der Waals surface area (Å²) in [7, 11) is 5.95. The number of carboxylic acid groups (broad SMARTS) is 1. The summed E-state index contributed by atoms with van der Waals surface area (Å²) in [5.74, 6) is -1.12. The third-order valence-corrected chi connectivity index (χ3v) is 2.69. The number of unbranched alkanes of at least 4 members (excludes halogenated alkanes) is 2. The predicted molar refractivity (Wildman–Crippen MR) is 69.7 cm³/mol. The molecule has 6 heteroatoms. The van der Waals surface area contributed by atoms with E-state index in [0.29, 0.717) is 17.6 Å². The SMILES string of the molecule is CCCCCOC(S)(CC(=O)[O-])C[N+](C)(C)C.[Hg]. The standard InChI is InChI=1S/C12H25NO3S.Hg/c1-5-6-7-8-16-12(17,9-11(14)15)10-13(2,3)4;/h5-10H2,1-4H3,(H-,14,15,17);. The number of carbonyl (C=O) groups is 1. The summed E-state index contributed by atoms with van der Waals surface area (Å²) in [5.41, 5.74) is 0. The van der Waals surface area contributed by atoms with Crippen LogP contribution in [0.25, 0.3) is 0 Å². The van der Waals surface area contributed by atoms with Crippen molar-refractivity contribution in [3.8, 4) is 0 Å². The molecule has 1 unspecified atom stereocenters. The topological polar surface area (TPSA) is 49.4 Å². The Labute approximate surface area is 137 Å². The Morgan fingerprint density at radius 1 is 1.33 bits per heavy atom. The normalized spacial score (nSPS) is 14.7. The van der Waals surface area contributed by atoms with Gasteiger partial charge in [0.15, 0.2) is 4.93 Å². The maximum Gasteiger partial charge on any atom is 0.164 e. The zero-order valence-corrected chi connectivity index (χ0v) is 18.5. The van der Waals surface area contributed by atoms with Crippen molar-refractivity contribution in [3.05, 3.63) is 0 Å². The molecule has 0 aromatic rings. The first-order chi connectivity index (χ1) is 7.68. The zero-order chi connectivity index (χ0) is 13.5. The number of carbonyl (C=O) groups excluding carboxylic acids is 1. The molecule has 0 aliphatic heterocycles. The minimum absolute atomic E-state index is 0. The number of carboxylic acids is 1. The Bertz CT molecular complexity index is 246. The molecule has 0 amide bonds. The van der Waals surface area contributed by atoms with E-state index in [0.717, 1.165) is 19.3 Å². The van der Waals surface area contributed by atoms with Crippen molar-refractivity contribution in [3.63, 3.8) is 0 Å². The van der Waals surface area contributed by atoms with Crippen molar-refractivity contribution in [2.75, 3.05) is 34.3 Å². The number of ether oxygens (including phenoxy) is 1. The fraction of sp³-hybridized carbons (Fsp3) is 0.917. The van der Waals surface area contributed by atoms with Crippen LogP contribution in [0, 0.1) is 0 Å². The van der Waals surface area contributed by atoms with E-state index in [1.54, 1.807) is 0 Å². The first-order valence-electron chi connectivity index (χ1n) is 6.05. The second-order valence-corrected chi connectivity index (χ2v) is 6.31. The largest absolute Gasteiger partial charge is 0.550 e. The van der Waals surface area contributed by atoms with Crippen molar-refractivity contribution in [2.45, 2.75) is 37.5 Å². The van der Waals surface area contributed by atoms with Crippen LogP contribution in [0.15, 0.2) is 0 Å². The maximum atomic E-state index is 10.7. The Hall–Kier alpha value is 0.675. The molecule has 0 heterocycles. The summed E-state index contributed by atoms with van der Waals surface area (Å²) in [6.45, 7) is 3.18. The third-order valence-electron chi connectivity index (χ3n) is 2.26. The fourth-order valence-corrected chi connectivity index (χ4v) is 2.38. The molecule has 0 aromatic heterocycles. The van der Waals surface area contributed by atoms with Crippen LogP contribution in [-0.2, 0) is 37.2 Å². The van der Waals surface area contributed by atoms with Gasteiger partial charge in [0, 0.05) is 46.7 Å². The Morgan fingerprint density at radius 2 is 1.89 bits per heavy atom. The van der Waals surface area contributed by atoms with Gasteiger partial charge in [-0.25, -0.2) is 0 Å². The van der Waals surface area contributed by atoms with Gasteiger partial charge in [-0.05, 0) is 6.42 Å². The van der Waals surface area contributed by atoms with E-state index in [-0.39, 0.29) is 34.1 Å². The summed E-state index contributed by atoms with van der Waals surface area (Å²) in [6, 6.07) is 0. The number of hydrogen-bond donors (Lipinski definition) is 1. The van der Waals surface area contributed by atoms with Crippen LogP contribution in [-0.4, -0.2) is 49.7 Å². The third kappa shape index (κ3) is 11.7. The number of hydrogen-bond acceptors (Lipinski definition) is 4. The van der Waals surface area contributed by atoms with E-state index in [9.17, 15) is 9.90 Å². The molecule has 4 nitrogen and oxygen atoms in total. The molecule has 104 valence electrons. The van der Waals surface area contributed by atoms with Crippen molar-refractivity contribution in [2.24, 2.45) is 0 Å². The molecule has 0 aliphatic carbocycles. The number of likely N-dealkylation sites (N-methyl/N-ethyl adjacent to an activating group) is 1. The summed E-state index contributed by atoms with van der Waals surface area (Å²) in [4.78, 5) is 9.80. The molecule has 18 heavy (non-hydrogen) atoms. The Balaban J connectivity index is 0. The number of aliphatic carboxylic acids is 1. The second kappa shape index (κ2) is 9.56. The van der Waals surface area contributed by atoms with Gasteiger partial charge in [0.25, 0.3) is 0 Å². The minimum atomic E-state index is -1.12. The predicted octanol–water partition coefficient (Wildman–Crippen LogP) is 0.663. The molecule has 0 radical (unpaired) electrons. The zero-order valence-electron chi connectivity index (χ0n) is 12.1. The minimum Gasteiger partial charge on any atom is -0.550 e. The van der Waals surface area contributed by atoms with E-state index >= 15 is 0 Å². The van der Waals surface area contributed by atoms with Crippen LogP contribution in [0.2, 0.25) is 0 Å². The summed E-state index contributed by atoms with van der Waals surface area (Å²) in [5, 5.41) is 10.7. The number of thiol groups is 1. The van der Waals surface area contributed by atoms with Crippen LogP contribution in [0.3, 0.4) is 0 Å². The van der Waals surface area contributed by atoms with Gasteiger partial charge in [-0.2, -0.15) is 0 Å². The van der Waals surface area contributed by atoms with Crippen molar-refractivity contribution >= 4 is 18.6 Å². The van der Waals surface area contributed by atoms with E-state index in [1.807, 2.05) is 21.1 Å². The van der Waals surface area contributed by atoms with Crippen LogP contribution in [0.4, 0.5) is 0 Å². The van der Waals surface area contributed by atoms with Gasteiger partial charge in [0.2, 0.25) is 0 Å². The first kappa shape index (κ1) is 21.0. The van der Waals surface area contributed by atoms with Crippen LogP contribution >= 0.6 is 12.6 Å². The number of nitrogens with zero attached hydrogens (tertiary/aromatic N) is 1. The molecule has 0 saturated carbocycles. The van der Waals surface area contributed by atoms with E-state index in [4.69, 9.17) is 4.74 Å². The molecular weight excluding hydrogens is 439 g/mol. The van der Waals surface area contributed by atoms with Crippen LogP contribution in [0.5, 0.6) is 0 Å². The van der Waals surface area contributed by atoms with Crippen LogP contribution < -0.4 is 5.11 Å². The summed E-state index contributed by atoms with van der Waals surface area (Å²) < 4.78 is 6.25. The number of rotatable bonds is 9. The Morgan fingerprint density at radius 3 is 2.28 bits per heavy atom. The van der Waals surface area contributed by atoms with Gasteiger partial charge in [0.05, 0.1) is 21.1 Å². The maximum absolute atomic E-state index is 10.7. The van der Waals surface area contributed by atoms with Gasteiger partial charge < -0.3 is 19.1 Å². The average Bonchev–Trinajstić information content (AvgIpc) is 2.07. The fourth-order valence-electron chi connectivity index (χ4n) is 1.73. The van der Waals surface area contributed by atoms with Gasteiger partial charge in [-0.3, -0.25) is 0 Å². The molecule has 0 aromatic carbocycles. The molecular formula is C12H25HgNO3S. The molecule has 0 fully saturated rings. The average molecular weight is 464 g/mol. The van der Waals surface area contributed by atoms with Gasteiger partial charge in [0.1, 0.15) is 6.54 Å². The van der Waals surface area contributed by atoms with Crippen molar-refractivity contribution in [1.82, 2.24) is 0 Å². The second-order valence-electron chi connectivity index (χ2n) is 5.50. The molecule has 0 aliphatic rings. The quantitative estimate of drug-likeness (QED) is 0.180. The molecule has 0 rings (SSSR count). The molecule has 0 bridgehead atoms. The monoisotopic (exact) mass is 465 g/mol. The van der Waals surface area contributed by atoms with Gasteiger partial charge in [-0.15, -0.1) is 12.6 Å². The van der Waals surface area contributed by atoms with Crippen molar-refractivity contribution < 1.29 is 46.8 Å². The van der Waals surface area contributed by atoms with Crippen LogP contribution in [0.1, 0.15) is 32.6 Å². The molecule has 0 saturated heterocycles. The number of quaternary nitrogens is 1. The summed E-state index contributed by atoms with van der Waals surface area (Å²) in [6.07, 6.45) is 2.94. The van der Waals surface area contributed by atoms with Crippen molar-refractivity contribution in [1.29, 1.82) is 0 Å². The van der Waals surface area contributed by atoms with E-state index < -0.39 is 10.9 Å². The van der Waals surface area contributed by atoms with E-state index in [2.05, 4.69) is 19.6 Å². The summed E-state index contributed by atoms with van der Waals surface area (Å²) >= 11 is 4.40. The first-order valence-corrected chi connectivity index (χ1v) is 6.50. The molecule has 0 spiro atoms. The van der Waals surface area contributed by atoms with Gasteiger partial charge in [-0.1, -0.05) is 19.8 Å². The smallest absolute Gasteiger partial charge is 0.164 e.